The summed E-state index contributed by atoms with van der Waals surface area (Å²) in [5.74, 6) is 0. The van der Waals surface area contributed by atoms with Gasteiger partial charge in [0.15, 0.2) is 0 Å². The maximum absolute atomic E-state index is 2.21. The molecule has 0 aliphatic rings. The Hall–Kier alpha value is -1.70. The van der Waals surface area contributed by atoms with Crippen LogP contribution in [-0.4, -0.2) is 28.2 Å². The van der Waals surface area contributed by atoms with Crippen molar-refractivity contribution >= 4 is 22.1 Å². The van der Waals surface area contributed by atoms with Crippen LogP contribution in [0.1, 0.15) is 11.1 Å². The summed E-state index contributed by atoms with van der Waals surface area (Å²) < 4.78 is 0. The fraction of sp³-hybridized carbons (Fsp3) is 0.375. The van der Waals surface area contributed by atoms with Crippen molar-refractivity contribution < 1.29 is 0 Å². The van der Waals surface area contributed by atoms with Crippen molar-refractivity contribution in [1.82, 2.24) is 0 Å². The molecule has 2 aromatic rings. The van der Waals surface area contributed by atoms with E-state index in [9.17, 15) is 0 Å². The van der Waals surface area contributed by atoms with Crippen molar-refractivity contribution in [3.05, 3.63) is 35.4 Å². The molecule has 0 bridgehead atoms. The number of nitrogens with zero attached hydrogens (tertiary/aromatic N) is 2. The lowest BCUT2D eigenvalue weighted by Crippen LogP contribution is -2.16. The van der Waals surface area contributed by atoms with Crippen LogP contribution in [0.2, 0.25) is 0 Å². The van der Waals surface area contributed by atoms with E-state index in [4.69, 9.17) is 0 Å². The first-order valence-electron chi connectivity index (χ1n) is 6.31. The van der Waals surface area contributed by atoms with Crippen LogP contribution < -0.4 is 9.80 Å². The zero-order valence-electron chi connectivity index (χ0n) is 12.2. The molecule has 0 aromatic heterocycles. The van der Waals surface area contributed by atoms with Crippen LogP contribution in [0.15, 0.2) is 24.3 Å². The zero-order chi connectivity index (χ0) is 13.4. The summed E-state index contributed by atoms with van der Waals surface area (Å²) in [6.07, 6.45) is 0. The Morgan fingerprint density at radius 2 is 1.00 bits per heavy atom. The van der Waals surface area contributed by atoms with Crippen LogP contribution in [0.4, 0.5) is 11.4 Å². The van der Waals surface area contributed by atoms with E-state index < -0.39 is 0 Å². The highest BCUT2D eigenvalue weighted by Gasteiger charge is 2.15. The van der Waals surface area contributed by atoms with Crippen LogP contribution in [0.25, 0.3) is 10.8 Å². The predicted octanol–water partition coefficient (Wildman–Crippen LogP) is 3.59. The van der Waals surface area contributed by atoms with Crippen LogP contribution in [-0.2, 0) is 0 Å². The highest BCUT2D eigenvalue weighted by molar-refractivity contribution is 6.05. The highest BCUT2D eigenvalue weighted by atomic mass is 15.1. The Bertz CT molecular complexity index is 531. The molecule has 2 aromatic carbocycles. The lowest BCUT2D eigenvalue weighted by atomic mass is 9.96. The monoisotopic (exact) mass is 242 g/mol. The molecule has 0 N–H and O–H groups in total. The average molecular weight is 242 g/mol. The Labute approximate surface area is 110 Å². The largest absolute Gasteiger partial charge is 0.377 e. The summed E-state index contributed by atoms with van der Waals surface area (Å²) in [6, 6.07) is 8.65. The van der Waals surface area contributed by atoms with Gasteiger partial charge < -0.3 is 9.80 Å². The third kappa shape index (κ3) is 1.82. The number of fused-ring (bicyclic) bond motifs is 1. The maximum Gasteiger partial charge on any atom is 0.0474 e. The van der Waals surface area contributed by atoms with Gasteiger partial charge in [0.2, 0.25) is 0 Å². The van der Waals surface area contributed by atoms with Gasteiger partial charge in [-0.1, -0.05) is 24.3 Å². The van der Waals surface area contributed by atoms with Crippen LogP contribution in [0.3, 0.4) is 0 Å². The van der Waals surface area contributed by atoms with Gasteiger partial charge in [0.1, 0.15) is 0 Å². The van der Waals surface area contributed by atoms with Gasteiger partial charge in [0, 0.05) is 50.3 Å². The fourth-order valence-corrected chi connectivity index (χ4v) is 2.81. The Balaban J connectivity index is 2.97. The van der Waals surface area contributed by atoms with E-state index in [1.807, 2.05) is 0 Å². The first-order valence-corrected chi connectivity index (χ1v) is 6.31. The molecule has 96 valence electrons. The minimum Gasteiger partial charge on any atom is -0.377 e. The molecule has 0 atom stereocenters. The van der Waals surface area contributed by atoms with Crippen molar-refractivity contribution in [2.24, 2.45) is 0 Å². The van der Waals surface area contributed by atoms with Crippen molar-refractivity contribution in [1.29, 1.82) is 0 Å². The van der Waals surface area contributed by atoms with E-state index in [-0.39, 0.29) is 0 Å². The second-order valence-electron chi connectivity index (χ2n) is 5.28. The van der Waals surface area contributed by atoms with E-state index in [2.05, 4.69) is 76.1 Å². The van der Waals surface area contributed by atoms with Crippen LogP contribution in [0, 0.1) is 13.8 Å². The highest BCUT2D eigenvalue weighted by Crippen LogP contribution is 2.39. The van der Waals surface area contributed by atoms with Gasteiger partial charge in [-0.05, 0) is 25.0 Å². The number of hydrogen-bond acceptors (Lipinski definition) is 2. The molecule has 2 rings (SSSR count). The molecule has 0 aliphatic carbocycles. The summed E-state index contributed by atoms with van der Waals surface area (Å²) in [7, 11) is 8.46. The van der Waals surface area contributed by atoms with Gasteiger partial charge in [-0.25, -0.2) is 0 Å². The van der Waals surface area contributed by atoms with Crippen molar-refractivity contribution in [3.8, 4) is 0 Å². The Morgan fingerprint density at radius 1 is 0.667 bits per heavy atom. The third-order valence-corrected chi connectivity index (χ3v) is 3.60. The molecule has 2 heteroatoms. The van der Waals surface area contributed by atoms with E-state index in [0.29, 0.717) is 0 Å². The predicted molar refractivity (Wildman–Crippen MR) is 82.1 cm³/mol. The molecular weight excluding hydrogens is 220 g/mol. The van der Waals surface area contributed by atoms with Crippen LogP contribution >= 0.6 is 0 Å². The topological polar surface area (TPSA) is 6.48 Å². The molecule has 0 saturated heterocycles. The first-order chi connectivity index (χ1) is 8.45. The molecule has 0 spiro atoms. The van der Waals surface area contributed by atoms with Crippen molar-refractivity contribution in [2.75, 3.05) is 38.0 Å². The maximum atomic E-state index is 2.21. The standard InChI is InChI=1S/C16H22N2/c1-11-12(2)16(18(5)6)14-10-8-7-9-13(14)15(11)17(3)4/h7-10H,1-6H3. The summed E-state index contributed by atoms with van der Waals surface area (Å²) in [4.78, 5) is 4.42. The molecule has 0 amide bonds. The molecule has 0 radical (unpaired) electrons. The Morgan fingerprint density at radius 3 is 1.28 bits per heavy atom. The molecule has 0 heterocycles. The van der Waals surface area contributed by atoms with E-state index in [1.54, 1.807) is 0 Å². The third-order valence-electron chi connectivity index (χ3n) is 3.60. The number of anilines is 2. The quantitative estimate of drug-likeness (QED) is 0.794. The minimum atomic E-state index is 1.33. The van der Waals surface area contributed by atoms with Gasteiger partial charge >= 0.3 is 0 Å². The Kier molecular flexibility index (Phi) is 3.20. The van der Waals surface area contributed by atoms with Gasteiger partial charge in [-0.15, -0.1) is 0 Å². The second-order valence-corrected chi connectivity index (χ2v) is 5.28. The molecular formula is C16H22N2. The zero-order valence-corrected chi connectivity index (χ0v) is 12.2. The minimum absolute atomic E-state index is 1.33. The smallest absolute Gasteiger partial charge is 0.0474 e. The lowest BCUT2D eigenvalue weighted by molar-refractivity contribution is 1.09. The van der Waals surface area contributed by atoms with Gasteiger partial charge in [-0.2, -0.15) is 0 Å². The summed E-state index contributed by atoms with van der Waals surface area (Å²) in [5, 5.41) is 2.66. The van der Waals surface area contributed by atoms with Gasteiger partial charge in [0.25, 0.3) is 0 Å². The van der Waals surface area contributed by atoms with E-state index in [1.165, 1.54) is 33.3 Å². The van der Waals surface area contributed by atoms with Gasteiger partial charge in [0.05, 0.1) is 0 Å². The normalized spacial score (nSPS) is 10.8. The average Bonchev–Trinajstić information content (AvgIpc) is 2.29. The molecule has 0 fully saturated rings. The van der Waals surface area contributed by atoms with Crippen LogP contribution in [0.5, 0.6) is 0 Å². The van der Waals surface area contributed by atoms with Gasteiger partial charge in [-0.3, -0.25) is 0 Å². The lowest BCUT2D eigenvalue weighted by Gasteiger charge is -2.26. The molecule has 0 unspecified atom stereocenters. The molecule has 0 saturated carbocycles. The number of hydrogen-bond donors (Lipinski definition) is 0. The fourth-order valence-electron chi connectivity index (χ4n) is 2.81. The SMILES string of the molecule is Cc1c(C)c(N(C)C)c2ccccc2c1N(C)C. The molecule has 2 nitrogen and oxygen atoms in total. The summed E-state index contributed by atoms with van der Waals surface area (Å²) >= 11 is 0. The number of rotatable bonds is 2. The van der Waals surface area contributed by atoms with E-state index in [0.717, 1.165) is 0 Å². The first kappa shape index (κ1) is 12.7. The van der Waals surface area contributed by atoms with Crippen molar-refractivity contribution in [3.63, 3.8) is 0 Å². The molecule has 18 heavy (non-hydrogen) atoms. The second kappa shape index (κ2) is 4.52. The van der Waals surface area contributed by atoms with Crippen molar-refractivity contribution in [2.45, 2.75) is 13.8 Å². The summed E-state index contributed by atoms with van der Waals surface area (Å²) in [6.45, 7) is 4.42. The van der Waals surface area contributed by atoms with E-state index >= 15 is 0 Å². The number of benzene rings is 2. The summed E-state index contributed by atoms with van der Waals surface area (Å²) in [5.41, 5.74) is 5.38. The molecule has 0 aliphatic heterocycles.